The summed E-state index contributed by atoms with van der Waals surface area (Å²) in [5, 5.41) is 8.85. The van der Waals surface area contributed by atoms with E-state index < -0.39 is 5.82 Å². The first-order valence-electron chi connectivity index (χ1n) is 14.2. The first-order chi connectivity index (χ1) is 20.4. The van der Waals surface area contributed by atoms with E-state index in [0.717, 1.165) is 24.5 Å². The van der Waals surface area contributed by atoms with Gasteiger partial charge >= 0.3 is 0 Å². The molecule has 0 N–H and O–H groups in total. The fourth-order valence-electron chi connectivity index (χ4n) is 4.95. The number of likely N-dealkylation sites (N-methyl/N-ethyl adjacent to an activating group) is 1. The summed E-state index contributed by atoms with van der Waals surface area (Å²) in [6.07, 6.45) is 0. The molecule has 2 heterocycles. The van der Waals surface area contributed by atoms with E-state index in [1.807, 2.05) is 24.3 Å². The van der Waals surface area contributed by atoms with E-state index in [2.05, 4.69) is 33.8 Å². The minimum absolute atomic E-state index is 0.0607. The molecule has 3 aromatic rings. The molecular formula is C31H39FN6O4. The molecule has 1 aliphatic rings. The zero-order valence-electron chi connectivity index (χ0n) is 24.8. The van der Waals surface area contributed by atoms with Gasteiger partial charge in [0.05, 0.1) is 19.9 Å². The summed E-state index contributed by atoms with van der Waals surface area (Å²) in [4.78, 5) is 34.2. The molecule has 1 fully saturated rings. The number of methoxy groups -OCH3 is 2. The Labute approximate surface area is 246 Å². The number of hydrogen-bond acceptors (Lipinski definition) is 8. The van der Waals surface area contributed by atoms with Crippen LogP contribution >= 0.6 is 0 Å². The van der Waals surface area contributed by atoms with Gasteiger partial charge in [-0.3, -0.25) is 9.59 Å². The summed E-state index contributed by atoms with van der Waals surface area (Å²) in [6, 6.07) is 15.0. The van der Waals surface area contributed by atoms with Crippen molar-refractivity contribution in [2.45, 2.75) is 13.8 Å². The van der Waals surface area contributed by atoms with Gasteiger partial charge in [0.2, 0.25) is 5.91 Å². The Balaban J connectivity index is 1.38. The van der Waals surface area contributed by atoms with Crippen molar-refractivity contribution in [2.75, 3.05) is 78.0 Å². The number of aromatic nitrogens is 2. The number of amides is 2. The van der Waals surface area contributed by atoms with E-state index in [1.54, 1.807) is 31.3 Å². The predicted octanol–water partition coefficient (Wildman–Crippen LogP) is 3.43. The predicted molar refractivity (Wildman–Crippen MR) is 159 cm³/mol. The summed E-state index contributed by atoms with van der Waals surface area (Å²) >= 11 is 0. The van der Waals surface area contributed by atoms with Crippen LogP contribution in [0.2, 0.25) is 0 Å². The minimum atomic E-state index is -0.480. The van der Waals surface area contributed by atoms with Crippen molar-refractivity contribution in [1.29, 1.82) is 0 Å². The molecule has 0 radical (unpaired) electrons. The molecule has 0 bridgehead atoms. The van der Waals surface area contributed by atoms with Gasteiger partial charge in [0, 0.05) is 56.5 Å². The van der Waals surface area contributed by atoms with Crippen LogP contribution in [0, 0.1) is 5.82 Å². The number of rotatable bonds is 12. The molecule has 224 valence electrons. The number of hydrogen-bond donors (Lipinski definition) is 0. The first kappa shape index (κ1) is 30.7. The molecule has 42 heavy (non-hydrogen) atoms. The van der Waals surface area contributed by atoms with Gasteiger partial charge in [0.25, 0.3) is 5.91 Å². The molecule has 0 aliphatic carbocycles. The molecule has 1 aliphatic heterocycles. The smallest absolute Gasteiger partial charge is 0.254 e. The third-order valence-corrected chi connectivity index (χ3v) is 7.56. The van der Waals surface area contributed by atoms with E-state index in [1.165, 1.54) is 23.1 Å². The van der Waals surface area contributed by atoms with Gasteiger partial charge in [-0.05, 0) is 55.6 Å². The molecule has 1 saturated heterocycles. The van der Waals surface area contributed by atoms with Crippen molar-refractivity contribution >= 4 is 17.6 Å². The molecule has 10 nitrogen and oxygen atoms in total. The highest BCUT2D eigenvalue weighted by molar-refractivity contribution is 5.96. The van der Waals surface area contributed by atoms with Gasteiger partial charge in [-0.2, -0.15) is 0 Å². The largest absolute Gasteiger partial charge is 0.497 e. The van der Waals surface area contributed by atoms with Gasteiger partial charge < -0.3 is 29.1 Å². The maximum absolute atomic E-state index is 13.8. The Hall–Kier alpha value is -4.25. The van der Waals surface area contributed by atoms with E-state index >= 15 is 0 Å². The van der Waals surface area contributed by atoms with Crippen molar-refractivity contribution in [3.63, 3.8) is 0 Å². The maximum Gasteiger partial charge on any atom is 0.254 e. The number of anilines is 1. The molecular weight excluding hydrogens is 539 g/mol. The summed E-state index contributed by atoms with van der Waals surface area (Å²) < 4.78 is 24.6. The molecule has 0 spiro atoms. The number of ether oxygens (including phenoxy) is 2. The Bertz CT molecular complexity index is 1340. The average Bonchev–Trinajstić information content (AvgIpc) is 3.04. The maximum atomic E-state index is 13.8. The molecule has 0 atom stereocenters. The van der Waals surface area contributed by atoms with Gasteiger partial charge in [-0.1, -0.05) is 19.9 Å². The van der Waals surface area contributed by atoms with Crippen LogP contribution in [0.25, 0.3) is 11.3 Å². The lowest BCUT2D eigenvalue weighted by Gasteiger charge is -2.36. The highest BCUT2D eigenvalue weighted by Crippen LogP contribution is 2.32. The van der Waals surface area contributed by atoms with Gasteiger partial charge in [-0.15, -0.1) is 10.2 Å². The van der Waals surface area contributed by atoms with Gasteiger partial charge in [-0.25, -0.2) is 4.39 Å². The van der Waals surface area contributed by atoms with Gasteiger partial charge in [0.15, 0.2) is 5.82 Å². The summed E-state index contributed by atoms with van der Waals surface area (Å²) in [5.41, 5.74) is 1.73. The lowest BCUT2D eigenvalue weighted by Crippen LogP contribution is -2.52. The molecule has 2 aromatic carbocycles. The molecule has 2 amide bonds. The Morgan fingerprint density at radius 2 is 1.67 bits per heavy atom. The van der Waals surface area contributed by atoms with Crippen LogP contribution < -0.4 is 14.4 Å². The zero-order chi connectivity index (χ0) is 30.1. The van der Waals surface area contributed by atoms with E-state index in [4.69, 9.17) is 9.47 Å². The molecule has 0 unspecified atom stereocenters. The van der Waals surface area contributed by atoms with E-state index in [9.17, 15) is 14.0 Å². The zero-order valence-corrected chi connectivity index (χ0v) is 24.8. The third-order valence-electron chi connectivity index (χ3n) is 7.56. The van der Waals surface area contributed by atoms with Crippen molar-refractivity contribution in [3.05, 3.63) is 66.0 Å². The number of piperazine rings is 1. The van der Waals surface area contributed by atoms with Crippen LogP contribution in [0.15, 0.2) is 54.6 Å². The van der Waals surface area contributed by atoms with Crippen LogP contribution in [0.1, 0.15) is 24.2 Å². The monoisotopic (exact) mass is 578 g/mol. The van der Waals surface area contributed by atoms with Crippen LogP contribution in [0.3, 0.4) is 0 Å². The average molecular weight is 579 g/mol. The number of benzene rings is 2. The lowest BCUT2D eigenvalue weighted by molar-refractivity contribution is -0.132. The topological polar surface area (TPSA) is 91.3 Å². The van der Waals surface area contributed by atoms with E-state index in [-0.39, 0.29) is 23.9 Å². The number of halogens is 1. The molecule has 0 saturated carbocycles. The second kappa shape index (κ2) is 14.6. The second-order valence-corrected chi connectivity index (χ2v) is 9.97. The number of carbonyl (C=O) groups is 2. The van der Waals surface area contributed by atoms with Crippen molar-refractivity contribution in [1.82, 2.24) is 24.9 Å². The van der Waals surface area contributed by atoms with Crippen LogP contribution in [0.5, 0.6) is 11.5 Å². The summed E-state index contributed by atoms with van der Waals surface area (Å²) in [6.45, 7) is 8.90. The molecule has 11 heteroatoms. The Kier molecular flexibility index (Phi) is 10.7. The van der Waals surface area contributed by atoms with Crippen LogP contribution in [-0.4, -0.2) is 110 Å². The lowest BCUT2D eigenvalue weighted by atomic mass is 10.1. The second-order valence-electron chi connectivity index (χ2n) is 9.97. The standard InChI is InChI=1S/C31H39FN6O4/c1-5-35(6-2)14-15-38(31(40)23-8-7-9-24(32)20-23)22-30(39)37-18-16-36(17-19-37)29-13-12-27(33-34-29)26-11-10-25(41-3)21-28(26)42-4/h7-13,20-21H,5-6,14-19,22H2,1-4H3. The Morgan fingerprint density at radius 1 is 0.905 bits per heavy atom. The quantitative estimate of drug-likeness (QED) is 0.323. The SMILES string of the molecule is CCN(CC)CCN(CC(=O)N1CCN(c2ccc(-c3ccc(OC)cc3OC)nn2)CC1)C(=O)c1cccc(F)c1. The van der Waals surface area contributed by atoms with Crippen molar-refractivity contribution in [3.8, 4) is 22.8 Å². The third kappa shape index (κ3) is 7.52. The fraction of sp³-hybridized carbons (Fsp3) is 0.419. The van der Waals surface area contributed by atoms with Crippen LogP contribution in [0.4, 0.5) is 10.2 Å². The summed E-state index contributed by atoms with van der Waals surface area (Å²) in [7, 11) is 3.20. The minimum Gasteiger partial charge on any atom is -0.497 e. The normalized spacial score (nSPS) is 13.3. The van der Waals surface area contributed by atoms with E-state index in [0.29, 0.717) is 56.5 Å². The molecule has 1 aromatic heterocycles. The summed E-state index contributed by atoms with van der Waals surface area (Å²) in [5.74, 6) is 1.10. The first-order valence-corrected chi connectivity index (χ1v) is 14.2. The van der Waals surface area contributed by atoms with Crippen LogP contribution in [-0.2, 0) is 4.79 Å². The molecule has 4 rings (SSSR count). The highest BCUT2D eigenvalue weighted by Gasteiger charge is 2.26. The van der Waals surface area contributed by atoms with Crippen molar-refractivity contribution < 1.29 is 23.5 Å². The number of carbonyl (C=O) groups excluding carboxylic acids is 2. The number of nitrogens with zero attached hydrogens (tertiary/aromatic N) is 6. The van der Waals surface area contributed by atoms with Gasteiger partial charge in [0.1, 0.15) is 23.9 Å². The highest BCUT2D eigenvalue weighted by atomic mass is 19.1. The fourth-order valence-corrected chi connectivity index (χ4v) is 4.95. The Morgan fingerprint density at radius 3 is 2.29 bits per heavy atom. The van der Waals surface area contributed by atoms with Crippen molar-refractivity contribution in [2.24, 2.45) is 0 Å².